The first kappa shape index (κ1) is 21.6. The zero-order valence-corrected chi connectivity index (χ0v) is 19.4. The molecule has 4 heteroatoms. The SMILES string of the molecule is COC[C@]1(OC)CC[C@H]2[C@@H]3CCC4=CC(=O)CCC4=C3[C@@H](c3ccc(C#N)cc3)C[C@@]21C. The molecule has 0 spiro atoms. The highest BCUT2D eigenvalue weighted by molar-refractivity contribution is 5.93. The molecule has 0 heterocycles. The topological polar surface area (TPSA) is 59.3 Å². The molecule has 5 atom stereocenters. The zero-order valence-electron chi connectivity index (χ0n) is 19.4. The van der Waals surface area contributed by atoms with E-state index in [0.717, 1.165) is 38.5 Å². The van der Waals surface area contributed by atoms with Crippen molar-refractivity contribution < 1.29 is 14.3 Å². The molecule has 32 heavy (non-hydrogen) atoms. The minimum Gasteiger partial charge on any atom is -0.382 e. The van der Waals surface area contributed by atoms with Crippen LogP contribution in [-0.2, 0) is 14.3 Å². The highest BCUT2D eigenvalue weighted by Crippen LogP contribution is 2.67. The second-order valence-corrected chi connectivity index (χ2v) is 10.4. The molecule has 0 aliphatic heterocycles. The fourth-order valence-electron chi connectivity index (χ4n) is 7.69. The summed E-state index contributed by atoms with van der Waals surface area (Å²) in [4.78, 5) is 12.2. The van der Waals surface area contributed by atoms with Gasteiger partial charge in [-0.15, -0.1) is 0 Å². The van der Waals surface area contributed by atoms with Crippen molar-refractivity contribution in [2.24, 2.45) is 17.3 Å². The number of carbonyl (C=O) groups is 1. The lowest BCUT2D eigenvalue weighted by molar-refractivity contribution is -0.149. The summed E-state index contributed by atoms with van der Waals surface area (Å²) in [6.45, 7) is 3.05. The zero-order chi connectivity index (χ0) is 22.5. The number of benzene rings is 1. The molecule has 168 valence electrons. The molecule has 2 saturated carbocycles. The van der Waals surface area contributed by atoms with Crippen molar-refractivity contribution in [3.05, 3.63) is 58.2 Å². The Bertz CT molecular complexity index is 1030. The highest BCUT2D eigenvalue weighted by atomic mass is 16.5. The lowest BCUT2D eigenvalue weighted by atomic mass is 9.51. The second-order valence-electron chi connectivity index (χ2n) is 10.4. The van der Waals surface area contributed by atoms with E-state index in [0.29, 0.717) is 30.4 Å². The van der Waals surface area contributed by atoms with Gasteiger partial charge < -0.3 is 9.47 Å². The maximum atomic E-state index is 12.2. The molecule has 0 amide bonds. The number of fused-ring (bicyclic) bond motifs is 4. The van der Waals surface area contributed by atoms with Gasteiger partial charge >= 0.3 is 0 Å². The Labute approximate surface area is 191 Å². The Morgan fingerprint density at radius 2 is 1.91 bits per heavy atom. The molecular weight excluding hydrogens is 398 g/mol. The number of nitrogens with zero attached hydrogens (tertiary/aromatic N) is 1. The largest absolute Gasteiger partial charge is 0.382 e. The van der Waals surface area contributed by atoms with Crippen molar-refractivity contribution in [1.82, 2.24) is 0 Å². The number of ketones is 1. The average Bonchev–Trinajstić information content (AvgIpc) is 3.10. The maximum absolute atomic E-state index is 12.2. The van der Waals surface area contributed by atoms with E-state index in [1.807, 2.05) is 25.3 Å². The van der Waals surface area contributed by atoms with Crippen LogP contribution in [0.5, 0.6) is 0 Å². The van der Waals surface area contributed by atoms with Gasteiger partial charge in [-0.05, 0) is 85.3 Å². The number of carbonyl (C=O) groups excluding carboxylic acids is 1. The van der Waals surface area contributed by atoms with Gasteiger partial charge in [0.1, 0.15) is 0 Å². The first-order chi connectivity index (χ1) is 15.5. The third kappa shape index (κ3) is 3.05. The van der Waals surface area contributed by atoms with Gasteiger partial charge in [0.2, 0.25) is 0 Å². The first-order valence-electron chi connectivity index (χ1n) is 12.0. The normalized spacial score (nSPS) is 36.1. The van der Waals surface area contributed by atoms with Crippen LogP contribution in [0.4, 0.5) is 0 Å². The van der Waals surface area contributed by atoms with Crippen LogP contribution in [0, 0.1) is 28.6 Å². The molecule has 4 aliphatic rings. The van der Waals surface area contributed by atoms with Gasteiger partial charge in [0.25, 0.3) is 0 Å². The average molecular weight is 432 g/mol. The van der Waals surface area contributed by atoms with Gasteiger partial charge in [-0.25, -0.2) is 0 Å². The number of nitriles is 1. The maximum Gasteiger partial charge on any atom is 0.156 e. The van der Waals surface area contributed by atoms with Crippen molar-refractivity contribution in [1.29, 1.82) is 5.26 Å². The van der Waals surface area contributed by atoms with Crippen LogP contribution in [-0.4, -0.2) is 32.2 Å². The quantitative estimate of drug-likeness (QED) is 0.632. The molecule has 2 fully saturated rings. The number of hydrogen-bond acceptors (Lipinski definition) is 4. The van der Waals surface area contributed by atoms with Crippen molar-refractivity contribution in [3.63, 3.8) is 0 Å². The van der Waals surface area contributed by atoms with E-state index in [9.17, 15) is 10.1 Å². The van der Waals surface area contributed by atoms with E-state index in [1.54, 1.807) is 12.7 Å². The number of ether oxygens (including phenoxy) is 2. The summed E-state index contributed by atoms with van der Waals surface area (Å²) in [5.74, 6) is 1.64. The van der Waals surface area contributed by atoms with Gasteiger partial charge in [-0.2, -0.15) is 5.26 Å². The summed E-state index contributed by atoms with van der Waals surface area (Å²) >= 11 is 0. The predicted octanol–water partition coefficient (Wildman–Crippen LogP) is 5.49. The standard InChI is InChI=1S/C28H33NO3/c1-27-15-24(19-6-4-18(16-29)5-7-19)26-22-11-9-21(30)14-20(22)8-10-23(26)25(27)12-13-28(27,32-3)17-31-2/h4-7,14,23-25H,8-13,15,17H2,1-3H3/t23-,24+,25-,27-,28+/m0/s1. The summed E-state index contributed by atoms with van der Waals surface area (Å²) in [6.07, 6.45) is 8.74. The van der Waals surface area contributed by atoms with Crippen molar-refractivity contribution >= 4 is 5.78 Å². The van der Waals surface area contributed by atoms with Gasteiger partial charge in [0.05, 0.1) is 23.8 Å². The van der Waals surface area contributed by atoms with Crippen molar-refractivity contribution in [2.45, 2.75) is 63.4 Å². The lowest BCUT2D eigenvalue weighted by Gasteiger charge is -2.55. The molecule has 0 aromatic heterocycles. The van der Waals surface area contributed by atoms with E-state index < -0.39 is 0 Å². The Morgan fingerprint density at radius 3 is 2.59 bits per heavy atom. The summed E-state index contributed by atoms with van der Waals surface area (Å²) in [7, 11) is 3.63. The fraction of sp³-hybridized carbons (Fsp3) is 0.571. The fourth-order valence-corrected chi connectivity index (χ4v) is 7.69. The third-order valence-electron chi connectivity index (χ3n) is 9.23. The van der Waals surface area contributed by atoms with E-state index >= 15 is 0 Å². The number of hydrogen-bond donors (Lipinski definition) is 0. The predicted molar refractivity (Wildman–Crippen MR) is 123 cm³/mol. The van der Waals surface area contributed by atoms with Gasteiger partial charge in [0, 0.05) is 32.0 Å². The van der Waals surface area contributed by atoms with Crippen LogP contribution < -0.4 is 0 Å². The molecule has 0 radical (unpaired) electrons. The van der Waals surface area contributed by atoms with Crippen LogP contribution in [0.15, 0.2) is 47.1 Å². The molecule has 4 aliphatic carbocycles. The van der Waals surface area contributed by atoms with Crippen molar-refractivity contribution in [2.75, 3.05) is 20.8 Å². The van der Waals surface area contributed by atoms with Gasteiger partial charge in [0.15, 0.2) is 5.78 Å². The molecule has 1 aromatic rings. The minimum absolute atomic E-state index is 0.0107. The summed E-state index contributed by atoms with van der Waals surface area (Å²) in [5.41, 5.74) is 6.03. The second kappa shape index (κ2) is 7.97. The Morgan fingerprint density at radius 1 is 1.12 bits per heavy atom. The molecule has 0 unspecified atom stereocenters. The van der Waals surface area contributed by atoms with Crippen LogP contribution in [0.1, 0.15) is 68.9 Å². The number of methoxy groups -OCH3 is 2. The van der Waals surface area contributed by atoms with Crippen LogP contribution in [0.3, 0.4) is 0 Å². The Kier molecular flexibility index (Phi) is 5.39. The Hall–Kier alpha value is -2.22. The third-order valence-corrected chi connectivity index (χ3v) is 9.23. The van der Waals surface area contributed by atoms with Crippen molar-refractivity contribution in [3.8, 4) is 6.07 Å². The monoisotopic (exact) mass is 431 g/mol. The molecule has 1 aromatic carbocycles. The minimum atomic E-state index is -0.272. The van der Waals surface area contributed by atoms with E-state index in [-0.39, 0.29) is 22.7 Å². The molecule has 4 nitrogen and oxygen atoms in total. The summed E-state index contributed by atoms with van der Waals surface area (Å²) < 4.78 is 12.0. The molecule has 0 bridgehead atoms. The number of rotatable bonds is 4. The molecule has 0 N–H and O–H groups in total. The van der Waals surface area contributed by atoms with Gasteiger partial charge in [-0.3, -0.25) is 4.79 Å². The molecule has 0 saturated heterocycles. The Balaban J connectivity index is 1.67. The number of allylic oxidation sites excluding steroid dienone is 4. The van der Waals surface area contributed by atoms with E-state index in [1.165, 1.54) is 16.7 Å². The molecule has 5 rings (SSSR count). The van der Waals surface area contributed by atoms with E-state index in [4.69, 9.17) is 9.47 Å². The van der Waals surface area contributed by atoms with Crippen LogP contribution >= 0.6 is 0 Å². The lowest BCUT2D eigenvalue weighted by Crippen LogP contribution is -2.54. The first-order valence-corrected chi connectivity index (χ1v) is 12.0. The summed E-state index contributed by atoms with van der Waals surface area (Å²) in [6, 6.07) is 10.4. The van der Waals surface area contributed by atoms with Gasteiger partial charge in [-0.1, -0.05) is 24.6 Å². The van der Waals surface area contributed by atoms with Crippen LogP contribution in [0.2, 0.25) is 0 Å². The summed E-state index contributed by atoms with van der Waals surface area (Å²) in [5, 5.41) is 9.30. The molecular formula is C28H33NO3. The smallest absolute Gasteiger partial charge is 0.156 e. The van der Waals surface area contributed by atoms with Crippen LogP contribution in [0.25, 0.3) is 0 Å². The highest BCUT2D eigenvalue weighted by Gasteiger charge is 2.63. The van der Waals surface area contributed by atoms with E-state index in [2.05, 4.69) is 25.1 Å².